The van der Waals surface area contributed by atoms with Crippen molar-refractivity contribution >= 4 is 0 Å². The van der Waals surface area contributed by atoms with E-state index in [1.54, 1.807) is 7.11 Å². The molecule has 2 unspecified atom stereocenters. The molecule has 2 atom stereocenters. The average molecular weight is 290 g/mol. The summed E-state index contributed by atoms with van der Waals surface area (Å²) in [6.07, 6.45) is 3.89. The predicted octanol–water partition coefficient (Wildman–Crippen LogP) is 3.47. The molecule has 1 fully saturated rings. The van der Waals surface area contributed by atoms with Gasteiger partial charge in [0.1, 0.15) is 5.75 Å². The Kier molecular flexibility index (Phi) is 6.52. The van der Waals surface area contributed by atoms with E-state index in [1.807, 2.05) is 0 Å². The van der Waals surface area contributed by atoms with Crippen LogP contribution in [0.4, 0.5) is 0 Å². The fraction of sp³-hybridized carbons (Fsp3) is 0.667. The number of methoxy groups -OCH3 is 1. The molecule has 0 saturated carbocycles. The van der Waals surface area contributed by atoms with Gasteiger partial charge in [-0.05, 0) is 69.4 Å². The van der Waals surface area contributed by atoms with E-state index in [9.17, 15) is 0 Å². The largest absolute Gasteiger partial charge is 0.497 e. The summed E-state index contributed by atoms with van der Waals surface area (Å²) < 4.78 is 5.26. The number of benzene rings is 1. The zero-order chi connectivity index (χ0) is 15.1. The smallest absolute Gasteiger partial charge is 0.118 e. The van der Waals surface area contributed by atoms with Gasteiger partial charge in [-0.1, -0.05) is 19.1 Å². The van der Waals surface area contributed by atoms with Gasteiger partial charge < -0.3 is 10.1 Å². The van der Waals surface area contributed by atoms with Crippen LogP contribution in [0.5, 0.6) is 5.75 Å². The number of nitrogens with zero attached hydrogens (tertiary/aromatic N) is 1. The number of rotatable bonds is 7. The van der Waals surface area contributed by atoms with Crippen LogP contribution in [0.1, 0.15) is 44.7 Å². The molecule has 3 nitrogen and oxygen atoms in total. The maximum atomic E-state index is 5.26. The molecule has 1 N–H and O–H groups in total. The predicted molar refractivity (Wildman–Crippen MR) is 88.9 cm³/mol. The van der Waals surface area contributed by atoms with Crippen molar-refractivity contribution < 1.29 is 4.74 Å². The number of piperidine rings is 1. The topological polar surface area (TPSA) is 24.5 Å². The molecule has 1 saturated heterocycles. The standard InChI is InChI=1S/C18H30N2O/c1-4-12-20(14-16-6-5-11-19-13-16)15(2)17-7-9-18(21-3)10-8-17/h7-10,15-16,19H,4-6,11-14H2,1-3H3. The van der Waals surface area contributed by atoms with Crippen molar-refractivity contribution in [2.75, 3.05) is 33.3 Å². The summed E-state index contributed by atoms with van der Waals surface area (Å²) in [5.74, 6) is 1.73. The summed E-state index contributed by atoms with van der Waals surface area (Å²) in [5, 5.41) is 3.53. The van der Waals surface area contributed by atoms with Gasteiger partial charge in [0.2, 0.25) is 0 Å². The van der Waals surface area contributed by atoms with Gasteiger partial charge >= 0.3 is 0 Å². The third kappa shape index (κ3) is 4.72. The quantitative estimate of drug-likeness (QED) is 0.832. The first-order valence-electron chi connectivity index (χ1n) is 8.33. The molecule has 3 heteroatoms. The normalized spacial score (nSPS) is 20.5. The van der Waals surface area contributed by atoms with Crippen molar-refractivity contribution in [3.8, 4) is 5.75 Å². The number of nitrogens with one attached hydrogen (secondary N) is 1. The molecule has 1 aromatic carbocycles. The maximum Gasteiger partial charge on any atom is 0.118 e. The van der Waals surface area contributed by atoms with Crippen molar-refractivity contribution in [3.05, 3.63) is 29.8 Å². The van der Waals surface area contributed by atoms with E-state index in [-0.39, 0.29) is 0 Å². The second-order valence-electron chi connectivity index (χ2n) is 6.16. The minimum Gasteiger partial charge on any atom is -0.497 e. The molecule has 1 aliphatic rings. The van der Waals surface area contributed by atoms with E-state index >= 15 is 0 Å². The third-order valence-electron chi connectivity index (χ3n) is 4.55. The summed E-state index contributed by atoms with van der Waals surface area (Å²) in [5.41, 5.74) is 1.38. The van der Waals surface area contributed by atoms with Crippen molar-refractivity contribution in [1.82, 2.24) is 10.2 Å². The molecule has 21 heavy (non-hydrogen) atoms. The van der Waals surface area contributed by atoms with E-state index in [2.05, 4.69) is 48.3 Å². The Balaban J connectivity index is 2.00. The van der Waals surface area contributed by atoms with Crippen LogP contribution in [-0.4, -0.2) is 38.2 Å². The van der Waals surface area contributed by atoms with Gasteiger partial charge in [0.05, 0.1) is 7.11 Å². The van der Waals surface area contributed by atoms with Gasteiger partial charge in [0.15, 0.2) is 0 Å². The molecule has 1 heterocycles. The highest BCUT2D eigenvalue weighted by Crippen LogP contribution is 2.25. The molecule has 2 rings (SSSR count). The molecule has 0 aliphatic carbocycles. The zero-order valence-electron chi connectivity index (χ0n) is 13.8. The average Bonchev–Trinajstić information content (AvgIpc) is 2.55. The molecular weight excluding hydrogens is 260 g/mol. The highest BCUT2D eigenvalue weighted by molar-refractivity contribution is 5.28. The fourth-order valence-electron chi connectivity index (χ4n) is 3.23. The first kappa shape index (κ1) is 16.3. The summed E-state index contributed by atoms with van der Waals surface area (Å²) in [7, 11) is 1.72. The van der Waals surface area contributed by atoms with Crippen LogP contribution in [-0.2, 0) is 0 Å². The van der Waals surface area contributed by atoms with Crippen LogP contribution in [0.25, 0.3) is 0 Å². The van der Waals surface area contributed by atoms with Crippen LogP contribution >= 0.6 is 0 Å². The molecule has 1 aromatic rings. The van der Waals surface area contributed by atoms with Crippen LogP contribution in [0.15, 0.2) is 24.3 Å². The van der Waals surface area contributed by atoms with Crippen LogP contribution < -0.4 is 10.1 Å². The molecule has 0 aromatic heterocycles. The fourth-order valence-corrected chi connectivity index (χ4v) is 3.23. The van der Waals surface area contributed by atoms with Gasteiger partial charge in [0, 0.05) is 12.6 Å². The molecule has 1 aliphatic heterocycles. The zero-order valence-corrected chi connectivity index (χ0v) is 13.8. The third-order valence-corrected chi connectivity index (χ3v) is 4.55. The lowest BCUT2D eigenvalue weighted by Gasteiger charge is -2.34. The molecule has 0 bridgehead atoms. The number of hydrogen-bond acceptors (Lipinski definition) is 3. The first-order valence-corrected chi connectivity index (χ1v) is 8.33. The van der Waals surface area contributed by atoms with Crippen LogP contribution in [0.2, 0.25) is 0 Å². The molecule has 118 valence electrons. The Morgan fingerprint density at radius 1 is 1.33 bits per heavy atom. The maximum absolute atomic E-state index is 5.26. The lowest BCUT2D eigenvalue weighted by Crippen LogP contribution is -2.39. The van der Waals surface area contributed by atoms with E-state index < -0.39 is 0 Å². The number of hydrogen-bond donors (Lipinski definition) is 1. The minimum atomic E-state index is 0.470. The summed E-state index contributed by atoms with van der Waals surface area (Å²) in [6.45, 7) is 9.34. The summed E-state index contributed by atoms with van der Waals surface area (Å²) in [6, 6.07) is 9.00. The Labute approximate surface area is 129 Å². The monoisotopic (exact) mass is 290 g/mol. The second kappa shape index (κ2) is 8.40. The Bertz CT molecular complexity index is 398. The van der Waals surface area contributed by atoms with Crippen LogP contribution in [0, 0.1) is 5.92 Å². The van der Waals surface area contributed by atoms with Gasteiger partial charge in [-0.2, -0.15) is 0 Å². The molecule has 0 spiro atoms. The summed E-state index contributed by atoms with van der Waals surface area (Å²) in [4.78, 5) is 2.64. The van der Waals surface area contributed by atoms with E-state index in [0.29, 0.717) is 6.04 Å². The van der Waals surface area contributed by atoms with Gasteiger partial charge in [-0.3, -0.25) is 4.90 Å². The summed E-state index contributed by atoms with van der Waals surface area (Å²) >= 11 is 0. The highest BCUT2D eigenvalue weighted by atomic mass is 16.5. The van der Waals surface area contributed by atoms with Crippen molar-refractivity contribution in [1.29, 1.82) is 0 Å². The van der Waals surface area contributed by atoms with Gasteiger partial charge in [0.25, 0.3) is 0 Å². The van der Waals surface area contributed by atoms with Crippen molar-refractivity contribution in [2.45, 2.75) is 39.2 Å². The second-order valence-corrected chi connectivity index (χ2v) is 6.16. The Morgan fingerprint density at radius 2 is 2.10 bits per heavy atom. The van der Waals surface area contributed by atoms with Crippen LogP contribution in [0.3, 0.4) is 0 Å². The molecular formula is C18H30N2O. The van der Waals surface area contributed by atoms with Gasteiger partial charge in [-0.25, -0.2) is 0 Å². The van der Waals surface area contributed by atoms with E-state index in [1.165, 1.54) is 51.0 Å². The number of ether oxygens (including phenoxy) is 1. The van der Waals surface area contributed by atoms with E-state index in [4.69, 9.17) is 4.74 Å². The Hall–Kier alpha value is -1.06. The van der Waals surface area contributed by atoms with E-state index in [0.717, 1.165) is 11.7 Å². The lowest BCUT2D eigenvalue weighted by atomic mass is 9.97. The molecule has 0 radical (unpaired) electrons. The Morgan fingerprint density at radius 3 is 2.67 bits per heavy atom. The highest BCUT2D eigenvalue weighted by Gasteiger charge is 2.21. The first-order chi connectivity index (χ1) is 10.2. The SMILES string of the molecule is CCCN(CC1CCCNC1)C(C)c1ccc(OC)cc1. The van der Waals surface area contributed by atoms with Crippen molar-refractivity contribution in [2.24, 2.45) is 5.92 Å². The molecule has 0 amide bonds. The minimum absolute atomic E-state index is 0.470. The lowest BCUT2D eigenvalue weighted by molar-refractivity contribution is 0.163. The van der Waals surface area contributed by atoms with Gasteiger partial charge in [-0.15, -0.1) is 0 Å². The van der Waals surface area contributed by atoms with Crippen molar-refractivity contribution in [3.63, 3.8) is 0 Å².